The molecule has 0 heterocycles. The van der Waals surface area contributed by atoms with Crippen LogP contribution in [0.5, 0.6) is 0 Å². The zero-order valence-corrected chi connectivity index (χ0v) is 11.7. The minimum absolute atomic E-state index is 0.150. The maximum atomic E-state index is 13.2. The largest absolute Gasteiger partial charge is 0.481 e. The lowest BCUT2D eigenvalue weighted by atomic mass is 9.73. The molecule has 1 fully saturated rings. The zero-order chi connectivity index (χ0) is 15.6. The van der Waals surface area contributed by atoms with Gasteiger partial charge in [-0.15, -0.1) is 0 Å². The Morgan fingerprint density at radius 1 is 1.24 bits per heavy atom. The summed E-state index contributed by atoms with van der Waals surface area (Å²) >= 11 is 0. The lowest BCUT2D eigenvalue weighted by molar-refractivity contribution is -0.145. The lowest BCUT2D eigenvalue weighted by Crippen LogP contribution is -2.55. The van der Waals surface area contributed by atoms with E-state index in [1.807, 2.05) is 0 Å². The molecule has 6 heteroatoms. The number of rotatable bonds is 3. The SMILES string of the molecule is CC1(NC(=O)c2cc(F)cc(F)c2)CCCCC1C(=O)O. The number of amides is 1. The third kappa shape index (κ3) is 3.37. The summed E-state index contributed by atoms with van der Waals surface area (Å²) in [6, 6.07) is 2.54. The Morgan fingerprint density at radius 2 is 1.86 bits per heavy atom. The van der Waals surface area contributed by atoms with Crippen molar-refractivity contribution in [1.29, 1.82) is 0 Å². The first kappa shape index (κ1) is 15.4. The maximum absolute atomic E-state index is 13.2. The number of aliphatic carboxylic acids is 1. The second-order valence-corrected chi connectivity index (χ2v) is 5.67. The summed E-state index contributed by atoms with van der Waals surface area (Å²) in [6.07, 6.45) is 2.59. The molecular formula is C15H17F2NO3. The van der Waals surface area contributed by atoms with Crippen LogP contribution in [0.2, 0.25) is 0 Å². The number of carboxylic acids is 1. The van der Waals surface area contributed by atoms with Gasteiger partial charge in [-0.25, -0.2) is 8.78 Å². The van der Waals surface area contributed by atoms with Gasteiger partial charge in [-0.05, 0) is 31.9 Å². The highest BCUT2D eigenvalue weighted by atomic mass is 19.1. The first-order valence-corrected chi connectivity index (χ1v) is 6.83. The van der Waals surface area contributed by atoms with Gasteiger partial charge < -0.3 is 10.4 Å². The van der Waals surface area contributed by atoms with Crippen molar-refractivity contribution in [2.24, 2.45) is 5.92 Å². The molecule has 1 aliphatic rings. The molecule has 114 valence electrons. The van der Waals surface area contributed by atoms with E-state index in [-0.39, 0.29) is 5.56 Å². The second kappa shape index (κ2) is 5.79. The van der Waals surface area contributed by atoms with E-state index in [1.165, 1.54) is 0 Å². The van der Waals surface area contributed by atoms with E-state index in [9.17, 15) is 23.5 Å². The number of halogens is 2. The molecule has 0 saturated heterocycles. The van der Waals surface area contributed by atoms with E-state index in [0.29, 0.717) is 18.9 Å². The highest BCUT2D eigenvalue weighted by Crippen LogP contribution is 2.34. The van der Waals surface area contributed by atoms with Crippen molar-refractivity contribution in [2.45, 2.75) is 38.1 Å². The minimum Gasteiger partial charge on any atom is -0.481 e. The maximum Gasteiger partial charge on any atom is 0.308 e. The number of carboxylic acid groups (broad SMARTS) is 1. The number of nitrogens with one attached hydrogen (secondary N) is 1. The van der Waals surface area contributed by atoms with Crippen LogP contribution in [-0.2, 0) is 4.79 Å². The fraction of sp³-hybridized carbons (Fsp3) is 0.467. The van der Waals surface area contributed by atoms with E-state index >= 15 is 0 Å². The molecule has 2 N–H and O–H groups in total. The van der Waals surface area contributed by atoms with Crippen molar-refractivity contribution in [3.8, 4) is 0 Å². The Morgan fingerprint density at radius 3 is 2.43 bits per heavy atom. The van der Waals surface area contributed by atoms with Crippen LogP contribution in [0.15, 0.2) is 18.2 Å². The van der Waals surface area contributed by atoms with Crippen molar-refractivity contribution in [2.75, 3.05) is 0 Å². The Balaban J connectivity index is 2.22. The van der Waals surface area contributed by atoms with E-state index in [0.717, 1.165) is 25.0 Å². The number of carbonyl (C=O) groups is 2. The summed E-state index contributed by atoms with van der Waals surface area (Å²) < 4.78 is 26.3. The number of hydrogen-bond acceptors (Lipinski definition) is 2. The molecular weight excluding hydrogens is 280 g/mol. The first-order valence-electron chi connectivity index (χ1n) is 6.83. The molecule has 0 aromatic heterocycles. The summed E-state index contributed by atoms with van der Waals surface area (Å²) in [5.41, 5.74) is -1.06. The second-order valence-electron chi connectivity index (χ2n) is 5.67. The van der Waals surface area contributed by atoms with Crippen LogP contribution < -0.4 is 5.32 Å². The van der Waals surface area contributed by atoms with E-state index in [4.69, 9.17) is 0 Å². The summed E-state index contributed by atoms with van der Waals surface area (Å²) in [5.74, 6) is -4.02. The van der Waals surface area contributed by atoms with Crippen LogP contribution in [0.1, 0.15) is 43.0 Å². The molecule has 0 bridgehead atoms. The topological polar surface area (TPSA) is 66.4 Å². The predicted octanol–water partition coefficient (Wildman–Crippen LogP) is 2.73. The van der Waals surface area contributed by atoms with Crippen LogP contribution in [-0.4, -0.2) is 22.5 Å². The number of hydrogen-bond donors (Lipinski definition) is 2. The van der Waals surface area contributed by atoms with Gasteiger partial charge in [0.25, 0.3) is 5.91 Å². The normalized spacial score (nSPS) is 25.4. The molecule has 2 unspecified atom stereocenters. The van der Waals surface area contributed by atoms with Crippen LogP contribution in [0.3, 0.4) is 0 Å². The fourth-order valence-corrected chi connectivity index (χ4v) is 2.90. The minimum atomic E-state index is -0.970. The quantitative estimate of drug-likeness (QED) is 0.901. The average Bonchev–Trinajstić information content (AvgIpc) is 2.37. The van der Waals surface area contributed by atoms with Gasteiger partial charge in [0.2, 0.25) is 0 Å². The van der Waals surface area contributed by atoms with Crippen LogP contribution in [0, 0.1) is 17.6 Å². The number of benzene rings is 1. The molecule has 2 rings (SSSR count). The molecule has 1 amide bonds. The Labute approximate surface area is 121 Å². The Hall–Kier alpha value is -1.98. The van der Waals surface area contributed by atoms with E-state index in [1.54, 1.807) is 6.92 Å². The zero-order valence-electron chi connectivity index (χ0n) is 11.7. The molecule has 0 aliphatic heterocycles. The van der Waals surface area contributed by atoms with Gasteiger partial charge in [0.15, 0.2) is 0 Å². The van der Waals surface area contributed by atoms with Crippen molar-refractivity contribution < 1.29 is 23.5 Å². The molecule has 0 radical (unpaired) electrons. The predicted molar refractivity (Wildman–Crippen MR) is 71.8 cm³/mol. The lowest BCUT2D eigenvalue weighted by Gasteiger charge is -2.39. The van der Waals surface area contributed by atoms with Crippen LogP contribution in [0.4, 0.5) is 8.78 Å². The molecule has 2 atom stereocenters. The monoisotopic (exact) mass is 297 g/mol. The fourth-order valence-electron chi connectivity index (χ4n) is 2.90. The Kier molecular flexibility index (Phi) is 4.25. The van der Waals surface area contributed by atoms with Gasteiger partial charge >= 0.3 is 5.97 Å². The summed E-state index contributed by atoms with van der Waals surface area (Å²) in [6.45, 7) is 1.67. The molecule has 21 heavy (non-hydrogen) atoms. The molecule has 1 saturated carbocycles. The van der Waals surface area contributed by atoms with Crippen molar-refractivity contribution in [1.82, 2.24) is 5.32 Å². The molecule has 1 aromatic rings. The Bertz CT molecular complexity index is 556. The molecule has 0 spiro atoms. The summed E-state index contributed by atoms with van der Waals surface area (Å²) in [7, 11) is 0. The molecule has 1 aliphatic carbocycles. The van der Waals surface area contributed by atoms with Crippen molar-refractivity contribution in [3.05, 3.63) is 35.4 Å². The number of carbonyl (C=O) groups excluding carboxylic acids is 1. The van der Waals surface area contributed by atoms with Crippen LogP contribution in [0.25, 0.3) is 0 Å². The summed E-state index contributed by atoms with van der Waals surface area (Å²) in [4.78, 5) is 23.5. The van der Waals surface area contributed by atoms with Crippen LogP contribution >= 0.6 is 0 Å². The van der Waals surface area contributed by atoms with Crippen molar-refractivity contribution in [3.63, 3.8) is 0 Å². The van der Waals surface area contributed by atoms with Gasteiger partial charge in [-0.2, -0.15) is 0 Å². The van der Waals surface area contributed by atoms with Gasteiger partial charge in [0.05, 0.1) is 11.5 Å². The highest BCUT2D eigenvalue weighted by molar-refractivity contribution is 5.95. The van der Waals surface area contributed by atoms with Gasteiger partial charge in [-0.1, -0.05) is 12.8 Å². The summed E-state index contributed by atoms with van der Waals surface area (Å²) in [5, 5.41) is 11.9. The standard InChI is InChI=1S/C15H17F2NO3/c1-15(5-3-2-4-12(15)14(20)21)18-13(19)9-6-10(16)8-11(17)7-9/h6-8,12H,2-5H2,1H3,(H,18,19)(H,20,21). The molecule has 1 aromatic carbocycles. The van der Waals surface area contributed by atoms with Gasteiger partial charge in [-0.3, -0.25) is 9.59 Å². The highest BCUT2D eigenvalue weighted by Gasteiger charge is 2.42. The van der Waals surface area contributed by atoms with Gasteiger partial charge in [0, 0.05) is 11.6 Å². The first-order chi connectivity index (χ1) is 9.82. The van der Waals surface area contributed by atoms with Gasteiger partial charge in [0.1, 0.15) is 11.6 Å². The van der Waals surface area contributed by atoms with Crippen molar-refractivity contribution >= 4 is 11.9 Å². The average molecular weight is 297 g/mol. The smallest absolute Gasteiger partial charge is 0.308 e. The molecule has 4 nitrogen and oxygen atoms in total. The third-order valence-corrected chi connectivity index (χ3v) is 4.03. The van der Waals surface area contributed by atoms with E-state index < -0.39 is 35.0 Å². The van der Waals surface area contributed by atoms with E-state index in [2.05, 4.69) is 5.32 Å². The third-order valence-electron chi connectivity index (χ3n) is 4.03.